The number of hydrogen-bond donors (Lipinski definition) is 1. The Morgan fingerprint density at radius 3 is 2.80 bits per heavy atom. The SMILES string of the molecule is CN1C[C@H]2CNC(=O)c3cc(-c4ccc5nonc5c4)ccc3[C@@H]2C1. The number of hydrogen-bond acceptors (Lipinski definition) is 5. The molecule has 1 aromatic heterocycles. The first-order valence-corrected chi connectivity index (χ1v) is 8.52. The van der Waals surface area contributed by atoms with E-state index in [0.717, 1.165) is 52.9 Å². The number of carbonyl (C=O) groups excluding carboxylic acids is 1. The number of carbonyl (C=O) groups is 1. The summed E-state index contributed by atoms with van der Waals surface area (Å²) in [6.45, 7) is 2.78. The lowest BCUT2D eigenvalue weighted by atomic mass is 9.86. The van der Waals surface area contributed by atoms with Gasteiger partial charge in [0.25, 0.3) is 5.91 Å². The number of likely N-dealkylation sites (tertiary alicyclic amines) is 1. The zero-order chi connectivity index (χ0) is 17.0. The quantitative estimate of drug-likeness (QED) is 0.739. The van der Waals surface area contributed by atoms with Crippen molar-refractivity contribution in [3.05, 3.63) is 47.5 Å². The number of benzene rings is 2. The highest BCUT2D eigenvalue weighted by Crippen LogP contribution is 2.37. The van der Waals surface area contributed by atoms with E-state index in [-0.39, 0.29) is 5.91 Å². The van der Waals surface area contributed by atoms with Gasteiger partial charge in [-0.15, -0.1) is 0 Å². The topological polar surface area (TPSA) is 71.3 Å². The molecule has 0 radical (unpaired) electrons. The summed E-state index contributed by atoms with van der Waals surface area (Å²) in [5.41, 5.74) is 5.41. The summed E-state index contributed by atoms with van der Waals surface area (Å²) >= 11 is 0. The van der Waals surface area contributed by atoms with Gasteiger partial charge in [-0.25, -0.2) is 4.63 Å². The van der Waals surface area contributed by atoms with Crippen molar-refractivity contribution in [2.24, 2.45) is 5.92 Å². The minimum atomic E-state index is 0.0260. The van der Waals surface area contributed by atoms with Crippen LogP contribution in [0.3, 0.4) is 0 Å². The van der Waals surface area contributed by atoms with Crippen molar-refractivity contribution in [1.82, 2.24) is 20.5 Å². The van der Waals surface area contributed by atoms with Crippen LogP contribution in [0.4, 0.5) is 0 Å². The maximum absolute atomic E-state index is 12.6. The largest absolute Gasteiger partial charge is 0.352 e. The van der Waals surface area contributed by atoms with E-state index in [1.165, 1.54) is 0 Å². The first kappa shape index (κ1) is 14.6. The van der Waals surface area contributed by atoms with E-state index in [1.54, 1.807) is 0 Å². The molecule has 0 bridgehead atoms. The molecule has 3 heterocycles. The zero-order valence-electron chi connectivity index (χ0n) is 13.9. The fourth-order valence-electron chi connectivity index (χ4n) is 4.18. The maximum atomic E-state index is 12.6. The van der Waals surface area contributed by atoms with E-state index in [2.05, 4.69) is 39.7 Å². The van der Waals surface area contributed by atoms with E-state index >= 15 is 0 Å². The summed E-state index contributed by atoms with van der Waals surface area (Å²) < 4.78 is 4.77. The average molecular weight is 334 g/mol. The second-order valence-corrected chi connectivity index (χ2v) is 7.07. The molecule has 126 valence electrons. The van der Waals surface area contributed by atoms with E-state index in [1.807, 2.05) is 24.3 Å². The lowest BCUT2D eigenvalue weighted by Crippen LogP contribution is -2.29. The number of amides is 1. The van der Waals surface area contributed by atoms with Crippen LogP contribution in [0.5, 0.6) is 0 Å². The molecule has 2 aromatic carbocycles. The Morgan fingerprint density at radius 2 is 1.88 bits per heavy atom. The molecule has 1 fully saturated rings. The van der Waals surface area contributed by atoms with Gasteiger partial charge in [0.05, 0.1) is 0 Å². The molecule has 2 atom stereocenters. The van der Waals surface area contributed by atoms with Gasteiger partial charge in [0, 0.05) is 31.1 Å². The predicted molar refractivity (Wildman–Crippen MR) is 93.3 cm³/mol. The van der Waals surface area contributed by atoms with Gasteiger partial charge in [0.15, 0.2) is 0 Å². The summed E-state index contributed by atoms with van der Waals surface area (Å²) in [5.74, 6) is 0.923. The highest BCUT2D eigenvalue weighted by molar-refractivity contribution is 5.98. The second kappa shape index (κ2) is 5.39. The van der Waals surface area contributed by atoms with Crippen molar-refractivity contribution in [3.8, 4) is 11.1 Å². The summed E-state index contributed by atoms with van der Waals surface area (Å²) in [5, 5.41) is 10.8. The van der Waals surface area contributed by atoms with E-state index in [0.29, 0.717) is 11.8 Å². The fraction of sp³-hybridized carbons (Fsp3) is 0.316. The first-order valence-electron chi connectivity index (χ1n) is 8.52. The molecule has 2 aliphatic rings. The molecule has 1 saturated heterocycles. The van der Waals surface area contributed by atoms with Crippen LogP contribution in [0.15, 0.2) is 41.0 Å². The van der Waals surface area contributed by atoms with Gasteiger partial charge in [0.1, 0.15) is 11.0 Å². The first-order chi connectivity index (χ1) is 12.2. The third-order valence-corrected chi connectivity index (χ3v) is 5.43. The van der Waals surface area contributed by atoms with Crippen molar-refractivity contribution < 1.29 is 9.42 Å². The molecule has 0 unspecified atom stereocenters. The molecule has 1 N–H and O–H groups in total. The second-order valence-electron chi connectivity index (χ2n) is 7.07. The monoisotopic (exact) mass is 334 g/mol. The molecular weight excluding hydrogens is 316 g/mol. The molecule has 6 heteroatoms. The molecule has 2 aliphatic heterocycles. The molecular formula is C19H18N4O2. The van der Waals surface area contributed by atoms with E-state index < -0.39 is 0 Å². The average Bonchev–Trinajstić information content (AvgIpc) is 3.21. The molecule has 25 heavy (non-hydrogen) atoms. The van der Waals surface area contributed by atoms with Gasteiger partial charge >= 0.3 is 0 Å². The standard InChI is InChI=1S/C19H18N4O2/c1-23-9-13-8-20-19(24)15-6-11(2-4-14(15)16(13)10-23)12-3-5-17-18(7-12)22-25-21-17/h2-7,13,16H,8-10H2,1H3,(H,20,24)/t13-,16-/m1/s1. The number of aromatic nitrogens is 2. The van der Waals surface area contributed by atoms with Crippen LogP contribution in [0.1, 0.15) is 21.8 Å². The van der Waals surface area contributed by atoms with Crippen molar-refractivity contribution in [2.75, 3.05) is 26.7 Å². The van der Waals surface area contributed by atoms with E-state index in [4.69, 9.17) is 4.63 Å². The Bertz CT molecular complexity index is 980. The number of rotatable bonds is 1. The lowest BCUT2D eigenvalue weighted by Gasteiger charge is -2.17. The van der Waals surface area contributed by atoms with Gasteiger partial charge in [-0.3, -0.25) is 4.79 Å². The smallest absolute Gasteiger partial charge is 0.251 e. The summed E-state index contributed by atoms with van der Waals surface area (Å²) in [7, 11) is 2.14. The lowest BCUT2D eigenvalue weighted by molar-refractivity contribution is 0.0951. The normalized spacial score (nSPS) is 23.2. The van der Waals surface area contributed by atoms with E-state index in [9.17, 15) is 4.79 Å². The van der Waals surface area contributed by atoms with Crippen LogP contribution in [0, 0.1) is 5.92 Å². The van der Waals surface area contributed by atoms with Gasteiger partial charge in [-0.1, -0.05) is 18.2 Å². The summed E-state index contributed by atoms with van der Waals surface area (Å²) in [6, 6.07) is 12.0. The summed E-state index contributed by atoms with van der Waals surface area (Å²) in [6.07, 6.45) is 0. The van der Waals surface area contributed by atoms with Gasteiger partial charge in [0.2, 0.25) is 0 Å². The predicted octanol–water partition coefficient (Wildman–Crippen LogP) is 2.28. The minimum Gasteiger partial charge on any atom is -0.352 e. The van der Waals surface area contributed by atoms with Gasteiger partial charge in [-0.2, -0.15) is 0 Å². The van der Waals surface area contributed by atoms with Crippen LogP contribution in [-0.2, 0) is 0 Å². The Balaban J connectivity index is 1.61. The van der Waals surface area contributed by atoms with Gasteiger partial charge in [-0.05, 0) is 58.2 Å². The number of fused-ring (bicyclic) bond motifs is 4. The number of nitrogens with one attached hydrogen (secondary N) is 1. The highest BCUT2D eigenvalue weighted by Gasteiger charge is 2.36. The third kappa shape index (κ3) is 2.33. The molecule has 6 nitrogen and oxygen atoms in total. The Morgan fingerprint density at radius 1 is 1.08 bits per heavy atom. The Hall–Kier alpha value is -2.73. The van der Waals surface area contributed by atoms with Crippen LogP contribution in [-0.4, -0.2) is 47.8 Å². The minimum absolute atomic E-state index is 0.0260. The molecule has 0 saturated carbocycles. The Labute approximate surface area is 144 Å². The van der Waals surface area contributed by atoms with Crippen molar-refractivity contribution in [1.29, 1.82) is 0 Å². The van der Waals surface area contributed by atoms with Crippen LogP contribution >= 0.6 is 0 Å². The molecule has 0 spiro atoms. The molecule has 5 rings (SSSR count). The van der Waals surface area contributed by atoms with Crippen LogP contribution in [0.25, 0.3) is 22.2 Å². The van der Waals surface area contributed by atoms with Crippen molar-refractivity contribution in [3.63, 3.8) is 0 Å². The zero-order valence-corrected chi connectivity index (χ0v) is 13.9. The molecule has 3 aromatic rings. The molecule has 0 aliphatic carbocycles. The Kier molecular flexibility index (Phi) is 3.15. The molecule has 1 amide bonds. The van der Waals surface area contributed by atoms with Crippen molar-refractivity contribution >= 4 is 16.9 Å². The summed E-state index contributed by atoms with van der Waals surface area (Å²) in [4.78, 5) is 15.0. The number of likely N-dealkylation sites (N-methyl/N-ethyl adjacent to an activating group) is 1. The fourth-order valence-corrected chi connectivity index (χ4v) is 4.18. The van der Waals surface area contributed by atoms with Crippen LogP contribution in [0.2, 0.25) is 0 Å². The third-order valence-electron chi connectivity index (χ3n) is 5.43. The highest BCUT2D eigenvalue weighted by atomic mass is 16.6. The van der Waals surface area contributed by atoms with Gasteiger partial charge < -0.3 is 10.2 Å². The number of nitrogens with zero attached hydrogens (tertiary/aromatic N) is 3. The van der Waals surface area contributed by atoms with Crippen molar-refractivity contribution in [2.45, 2.75) is 5.92 Å². The van der Waals surface area contributed by atoms with Crippen LogP contribution < -0.4 is 5.32 Å². The maximum Gasteiger partial charge on any atom is 0.251 e.